The third-order valence-corrected chi connectivity index (χ3v) is 3.35. The van der Waals surface area contributed by atoms with E-state index in [2.05, 4.69) is 16.5 Å². The number of thioether (sulfide) groups is 1. The Labute approximate surface area is 118 Å². The average Bonchev–Trinajstić information content (AvgIpc) is 2.38. The van der Waals surface area contributed by atoms with E-state index in [-0.39, 0.29) is 10.6 Å². The highest BCUT2D eigenvalue weighted by Gasteiger charge is 2.14. The monoisotopic (exact) mass is 283 g/mol. The molecule has 0 fully saturated rings. The van der Waals surface area contributed by atoms with E-state index in [1.807, 2.05) is 20.0 Å². The summed E-state index contributed by atoms with van der Waals surface area (Å²) in [6.45, 7) is 4.30. The van der Waals surface area contributed by atoms with Gasteiger partial charge in [-0.25, -0.2) is 0 Å². The Morgan fingerprint density at radius 2 is 2.21 bits per heavy atom. The van der Waals surface area contributed by atoms with Gasteiger partial charge in [0.25, 0.3) is 5.69 Å². The number of anilines is 1. The molecule has 0 aliphatic rings. The van der Waals surface area contributed by atoms with Crippen LogP contribution in [0.4, 0.5) is 11.4 Å². The van der Waals surface area contributed by atoms with Gasteiger partial charge in [0, 0.05) is 31.5 Å². The number of nitro groups is 1. The van der Waals surface area contributed by atoms with Crippen LogP contribution in [0, 0.1) is 10.1 Å². The highest BCUT2D eigenvalue weighted by molar-refractivity contribution is 7.98. The Kier molecular flexibility index (Phi) is 6.66. The van der Waals surface area contributed by atoms with Crippen molar-refractivity contribution in [3.05, 3.63) is 33.9 Å². The van der Waals surface area contributed by atoms with Crippen LogP contribution in [-0.2, 0) is 6.54 Å². The molecule has 0 saturated heterocycles. The molecule has 0 radical (unpaired) electrons. The summed E-state index contributed by atoms with van der Waals surface area (Å²) >= 11 is 1.80. The zero-order valence-electron chi connectivity index (χ0n) is 11.7. The Morgan fingerprint density at radius 1 is 1.47 bits per heavy atom. The third-order valence-electron chi connectivity index (χ3n) is 2.76. The largest absolute Gasteiger partial charge is 0.380 e. The van der Waals surface area contributed by atoms with Crippen molar-refractivity contribution in [3.8, 4) is 0 Å². The number of nitrogens with one attached hydrogen (secondary N) is 1. The molecule has 0 unspecified atom stereocenters. The second-order valence-electron chi connectivity index (χ2n) is 4.37. The Hall–Kier alpha value is -1.27. The molecule has 0 aliphatic heterocycles. The third kappa shape index (κ3) is 5.08. The normalized spacial score (nSPS) is 10.7. The number of hydrogen-bond acceptors (Lipinski definition) is 5. The van der Waals surface area contributed by atoms with Crippen molar-refractivity contribution in [2.24, 2.45) is 0 Å². The van der Waals surface area contributed by atoms with Gasteiger partial charge in [-0.1, -0.05) is 6.07 Å². The van der Waals surface area contributed by atoms with Gasteiger partial charge in [-0.2, -0.15) is 11.8 Å². The number of hydrogen-bond donors (Lipinski definition) is 1. The van der Waals surface area contributed by atoms with Crippen LogP contribution in [0.3, 0.4) is 0 Å². The first kappa shape index (κ1) is 15.8. The number of rotatable bonds is 8. The van der Waals surface area contributed by atoms with E-state index >= 15 is 0 Å². The predicted octanol–water partition coefficient (Wildman–Crippen LogP) is 2.82. The van der Waals surface area contributed by atoms with Gasteiger partial charge in [-0.15, -0.1) is 0 Å². The highest BCUT2D eigenvalue weighted by atomic mass is 32.2. The van der Waals surface area contributed by atoms with Crippen molar-refractivity contribution in [1.82, 2.24) is 4.90 Å². The number of nitrogens with zero attached hydrogens (tertiary/aromatic N) is 2. The van der Waals surface area contributed by atoms with Gasteiger partial charge >= 0.3 is 0 Å². The summed E-state index contributed by atoms with van der Waals surface area (Å²) in [6.07, 6.45) is 2.07. The van der Waals surface area contributed by atoms with Gasteiger partial charge in [-0.05, 0) is 31.9 Å². The molecule has 19 heavy (non-hydrogen) atoms. The van der Waals surface area contributed by atoms with Crippen molar-refractivity contribution in [1.29, 1.82) is 0 Å². The van der Waals surface area contributed by atoms with Crippen molar-refractivity contribution >= 4 is 23.1 Å². The molecule has 0 heterocycles. The van der Waals surface area contributed by atoms with E-state index in [9.17, 15) is 10.1 Å². The lowest BCUT2D eigenvalue weighted by Crippen LogP contribution is -2.20. The molecule has 1 aromatic carbocycles. The van der Waals surface area contributed by atoms with Crippen molar-refractivity contribution < 1.29 is 4.92 Å². The summed E-state index contributed by atoms with van der Waals surface area (Å²) in [4.78, 5) is 12.9. The molecule has 0 aromatic heterocycles. The molecule has 0 amide bonds. The van der Waals surface area contributed by atoms with Crippen molar-refractivity contribution in [3.63, 3.8) is 0 Å². The van der Waals surface area contributed by atoms with Crippen LogP contribution < -0.4 is 5.32 Å². The maximum Gasteiger partial charge on any atom is 0.292 e. The first-order chi connectivity index (χ1) is 9.08. The lowest BCUT2D eigenvalue weighted by molar-refractivity contribution is -0.384. The van der Waals surface area contributed by atoms with Crippen molar-refractivity contribution in [2.45, 2.75) is 13.5 Å². The van der Waals surface area contributed by atoms with Gasteiger partial charge in [-0.3, -0.25) is 10.1 Å². The summed E-state index contributed by atoms with van der Waals surface area (Å²) in [6, 6.07) is 5.40. The summed E-state index contributed by atoms with van der Waals surface area (Å²) in [7, 11) is 2.03. The second-order valence-corrected chi connectivity index (χ2v) is 5.36. The zero-order valence-corrected chi connectivity index (χ0v) is 12.5. The molecule has 0 spiro atoms. The van der Waals surface area contributed by atoms with E-state index < -0.39 is 0 Å². The molecule has 0 bridgehead atoms. The maximum absolute atomic E-state index is 11.1. The summed E-state index contributed by atoms with van der Waals surface area (Å²) < 4.78 is 0. The lowest BCUT2D eigenvalue weighted by atomic mass is 10.1. The van der Waals surface area contributed by atoms with Crippen LogP contribution in [0.2, 0.25) is 0 Å². The average molecular weight is 283 g/mol. The molecule has 6 heteroatoms. The molecule has 1 aromatic rings. The first-order valence-electron chi connectivity index (χ1n) is 6.27. The van der Waals surface area contributed by atoms with Crippen LogP contribution >= 0.6 is 11.8 Å². The maximum atomic E-state index is 11.1. The summed E-state index contributed by atoms with van der Waals surface area (Å²) in [5.74, 6) is 1.06. The topological polar surface area (TPSA) is 58.4 Å². The van der Waals surface area contributed by atoms with Gasteiger partial charge in [0.05, 0.1) is 4.92 Å². The Morgan fingerprint density at radius 3 is 2.79 bits per heavy atom. The van der Waals surface area contributed by atoms with Gasteiger partial charge < -0.3 is 10.2 Å². The lowest BCUT2D eigenvalue weighted by Gasteiger charge is -2.16. The Balaban J connectivity index is 2.80. The predicted molar refractivity (Wildman–Crippen MR) is 82.0 cm³/mol. The van der Waals surface area contributed by atoms with E-state index in [0.717, 1.165) is 24.4 Å². The molecule has 0 aliphatic carbocycles. The zero-order chi connectivity index (χ0) is 14.3. The fraction of sp³-hybridized carbons (Fsp3) is 0.538. The standard InChI is InChI=1S/C13H21N3O2S/c1-4-14-12-6-5-11(9-13(12)16(17)18)10-15(2)7-8-19-3/h5-6,9,14H,4,7-8,10H2,1-3H3. The fourth-order valence-electron chi connectivity index (χ4n) is 1.80. The van der Waals surface area contributed by atoms with Gasteiger partial charge in [0.15, 0.2) is 0 Å². The van der Waals surface area contributed by atoms with E-state index in [4.69, 9.17) is 0 Å². The van der Waals surface area contributed by atoms with Crippen LogP contribution in [0.1, 0.15) is 12.5 Å². The van der Waals surface area contributed by atoms with E-state index in [0.29, 0.717) is 12.2 Å². The number of benzene rings is 1. The first-order valence-corrected chi connectivity index (χ1v) is 7.66. The molecular weight excluding hydrogens is 262 g/mol. The molecule has 0 saturated carbocycles. The highest BCUT2D eigenvalue weighted by Crippen LogP contribution is 2.25. The Bertz CT molecular complexity index is 426. The summed E-state index contributed by atoms with van der Waals surface area (Å²) in [5.41, 5.74) is 1.71. The molecule has 1 N–H and O–H groups in total. The van der Waals surface area contributed by atoms with Gasteiger partial charge in [0.2, 0.25) is 0 Å². The minimum Gasteiger partial charge on any atom is -0.380 e. The quantitative estimate of drug-likeness (QED) is 0.587. The van der Waals surface area contributed by atoms with Crippen LogP contribution in [0.25, 0.3) is 0 Å². The van der Waals surface area contributed by atoms with E-state index in [1.165, 1.54) is 0 Å². The van der Waals surface area contributed by atoms with Gasteiger partial charge in [0.1, 0.15) is 5.69 Å². The van der Waals surface area contributed by atoms with Crippen LogP contribution in [0.5, 0.6) is 0 Å². The van der Waals surface area contributed by atoms with Crippen LogP contribution in [-0.4, -0.2) is 42.0 Å². The molecule has 0 atom stereocenters. The number of nitro benzene ring substituents is 1. The smallest absolute Gasteiger partial charge is 0.292 e. The SMILES string of the molecule is CCNc1ccc(CN(C)CCSC)cc1[N+](=O)[O-]. The van der Waals surface area contributed by atoms with E-state index in [1.54, 1.807) is 23.9 Å². The molecule has 106 valence electrons. The van der Waals surface area contributed by atoms with Crippen molar-refractivity contribution in [2.75, 3.05) is 37.5 Å². The molecule has 1 rings (SSSR count). The molecule has 5 nitrogen and oxygen atoms in total. The minimum atomic E-state index is -0.330. The molecular formula is C13H21N3O2S. The fourth-order valence-corrected chi connectivity index (χ4v) is 2.30. The minimum absolute atomic E-state index is 0.151. The summed E-state index contributed by atoms with van der Waals surface area (Å²) in [5, 5.41) is 14.1. The van der Waals surface area contributed by atoms with Crippen LogP contribution in [0.15, 0.2) is 18.2 Å². The second kappa shape index (κ2) is 8.01.